The number of aromatic nitrogens is 2. The van der Waals surface area contributed by atoms with E-state index in [9.17, 15) is 0 Å². The van der Waals surface area contributed by atoms with Crippen LogP contribution in [-0.2, 0) is 0 Å². The van der Waals surface area contributed by atoms with Gasteiger partial charge in [-0.3, -0.25) is 0 Å². The van der Waals surface area contributed by atoms with E-state index in [1.54, 1.807) is 6.07 Å². The zero-order valence-corrected chi connectivity index (χ0v) is 10.2. The van der Waals surface area contributed by atoms with Crippen LogP contribution >= 0.6 is 11.6 Å². The predicted molar refractivity (Wildman–Crippen MR) is 63.4 cm³/mol. The van der Waals surface area contributed by atoms with Crippen molar-refractivity contribution >= 4 is 17.5 Å². The van der Waals surface area contributed by atoms with Gasteiger partial charge in [0, 0.05) is 12.2 Å². The first-order valence-corrected chi connectivity index (χ1v) is 5.35. The first kappa shape index (κ1) is 12.2. The fraction of sp³-hybridized carbons (Fsp3) is 0.600. The molecule has 0 saturated carbocycles. The molecule has 0 unspecified atom stereocenters. The van der Waals surface area contributed by atoms with Crippen LogP contribution in [0.4, 0.5) is 5.95 Å². The molecule has 5 heteroatoms. The number of hydrogen-bond acceptors (Lipinski definition) is 4. The van der Waals surface area contributed by atoms with E-state index in [0.29, 0.717) is 11.1 Å². The first-order valence-electron chi connectivity index (χ1n) is 4.97. The average molecular weight is 229 g/mol. The number of hydrogen-bond donors (Lipinski definition) is 1. The Morgan fingerprint density at radius 3 is 2.73 bits per heavy atom. The summed E-state index contributed by atoms with van der Waals surface area (Å²) >= 11 is 5.81. The van der Waals surface area contributed by atoms with Gasteiger partial charge in [-0.15, -0.1) is 0 Å². The largest absolute Gasteiger partial charge is 0.354 e. The molecule has 0 aliphatic heterocycles. The summed E-state index contributed by atoms with van der Waals surface area (Å²) in [6.45, 7) is 3.81. The van der Waals surface area contributed by atoms with Gasteiger partial charge in [-0.25, -0.2) is 9.97 Å². The van der Waals surface area contributed by atoms with E-state index in [4.69, 9.17) is 11.6 Å². The molecule has 15 heavy (non-hydrogen) atoms. The number of aryl methyl sites for hydroxylation is 1. The maximum Gasteiger partial charge on any atom is 0.224 e. The van der Waals surface area contributed by atoms with Gasteiger partial charge in [0.2, 0.25) is 5.95 Å². The zero-order chi connectivity index (χ0) is 11.3. The summed E-state index contributed by atoms with van der Waals surface area (Å²) in [5.74, 6) is 0.610. The Morgan fingerprint density at radius 2 is 2.13 bits per heavy atom. The van der Waals surface area contributed by atoms with Gasteiger partial charge in [0.15, 0.2) is 0 Å². The lowest BCUT2D eigenvalue weighted by Gasteiger charge is -2.10. The Hall–Kier alpha value is -0.870. The fourth-order valence-corrected chi connectivity index (χ4v) is 1.44. The molecule has 1 aromatic rings. The lowest BCUT2D eigenvalue weighted by Crippen LogP contribution is -2.17. The van der Waals surface area contributed by atoms with Crippen molar-refractivity contribution in [3.8, 4) is 0 Å². The van der Waals surface area contributed by atoms with Gasteiger partial charge in [0.05, 0.1) is 0 Å². The van der Waals surface area contributed by atoms with E-state index in [1.165, 1.54) is 0 Å². The minimum atomic E-state index is 0.484. The van der Waals surface area contributed by atoms with Crippen LogP contribution in [0, 0.1) is 6.92 Å². The highest BCUT2D eigenvalue weighted by Crippen LogP contribution is 2.09. The molecule has 0 fully saturated rings. The van der Waals surface area contributed by atoms with Gasteiger partial charge in [-0.2, -0.15) is 0 Å². The predicted octanol–water partition coefficient (Wildman–Crippen LogP) is 1.80. The lowest BCUT2D eigenvalue weighted by molar-refractivity contribution is 0.405. The summed E-state index contributed by atoms with van der Waals surface area (Å²) in [7, 11) is 4.11. The topological polar surface area (TPSA) is 41.1 Å². The maximum atomic E-state index is 5.81. The Bertz CT molecular complexity index is 294. The summed E-state index contributed by atoms with van der Waals surface area (Å²) in [6.07, 6.45) is 1.06. The van der Waals surface area contributed by atoms with Crippen molar-refractivity contribution < 1.29 is 0 Å². The molecule has 1 heterocycles. The molecule has 1 N–H and O–H groups in total. The van der Waals surface area contributed by atoms with Crippen molar-refractivity contribution in [2.75, 3.05) is 32.5 Å². The van der Waals surface area contributed by atoms with Crippen LogP contribution < -0.4 is 5.32 Å². The molecule has 0 bridgehead atoms. The second kappa shape index (κ2) is 5.88. The maximum absolute atomic E-state index is 5.81. The van der Waals surface area contributed by atoms with Crippen LogP contribution in [0.2, 0.25) is 5.15 Å². The van der Waals surface area contributed by atoms with E-state index in [1.807, 2.05) is 6.92 Å². The Labute approximate surface area is 95.7 Å². The highest BCUT2D eigenvalue weighted by atomic mass is 35.5. The minimum Gasteiger partial charge on any atom is -0.354 e. The molecule has 0 radical (unpaired) electrons. The summed E-state index contributed by atoms with van der Waals surface area (Å²) < 4.78 is 0. The molecule has 1 rings (SSSR count). The molecular formula is C10H17ClN4. The normalized spacial score (nSPS) is 10.7. The second-order valence-electron chi connectivity index (χ2n) is 3.74. The SMILES string of the molecule is Cc1cc(Cl)nc(NCCCN(C)C)n1. The van der Waals surface area contributed by atoms with Crippen LogP contribution in [0.3, 0.4) is 0 Å². The number of rotatable bonds is 5. The summed E-state index contributed by atoms with van der Waals surface area (Å²) in [5, 5.41) is 3.63. The molecule has 0 aliphatic rings. The smallest absolute Gasteiger partial charge is 0.224 e. The lowest BCUT2D eigenvalue weighted by atomic mass is 10.4. The fourth-order valence-electron chi connectivity index (χ4n) is 1.20. The highest BCUT2D eigenvalue weighted by Gasteiger charge is 1.99. The molecule has 4 nitrogen and oxygen atoms in total. The van der Waals surface area contributed by atoms with E-state index < -0.39 is 0 Å². The molecule has 0 saturated heterocycles. The van der Waals surface area contributed by atoms with Crippen molar-refractivity contribution in [3.63, 3.8) is 0 Å². The Kier molecular flexibility index (Phi) is 4.78. The van der Waals surface area contributed by atoms with Crippen LogP contribution in [0.25, 0.3) is 0 Å². The van der Waals surface area contributed by atoms with Gasteiger partial charge in [0.25, 0.3) is 0 Å². The van der Waals surface area contributed by atoms with Gasteiger partial charge in [0.1, 0.15) is 5.15 Å². The summed E-state index contributed by atoms with van der Waals surface area (Å²) in [4.78, 5) is 10.5. The Morgan fingerprint density at radius 1 is 1.40 bits per heavy atom. The first-order chi connectivity index (χ1) is 7.08. The zero-order valence-electron chi connectivity index (χ0n) is 9.42. The quantitative estimate of drug-likeness (QED) is 0.617. The van der Waals surface area contributed by atoms with Crippen molar-refractivity contribution in [2.24, 2.45) is 0 Å². The third-order valence-electron chi connectivity index (χ3n) is 1.89. The van der Waals surface area contributed by atoms with Crippen molar-refractivity contribution in [1.82, 2.24) is 14.9 Å². The molecule has 0 atom stereocenters. The molecule has 0 aromatic carbocycles. The molecule has 0 amide bonds. The third kappa shape index (κ3) is 4.95. The second-order valence-corrected chi connectivity index (χ2v) is 4.13. The number of halogens is 1. The standard InChI is InChI=1S/C10H17ClN4/c1-8-7-9(11)14-10(13-8)12-5-4-6-15(2)3/h7H,4-6H2,1-3H3,(H,12,13,14). The van der Waals surface area contributed by atoms with Gasteiger partial charge < -0.3 is 10.2 Å². The number of nitrogens with one attached hydrogen (secondary N) is 1. The monoisotopic (exact) mass is 228 g/mol. The summed E-state index contributed by atoms with van der Waals surface area (Å²) in [6, 6.07) is 1.74. The van der Waals surface area contributed by atoms with E-state index in [2.05, 4.69) is 34.3 Å². The van der Waals surface area contributed by atoms with Gasteiger partial charge in [-0.1, -0.05) is 11.6 Å². The van der Waals surface area contributed by atoms with Crippen LogP contribution in [-0.4, -0.2) is 42.1 Å². The molecule has 0 aliphatic carbocycles. The minimum absolute atomic E-state index is 0.484. The average Bonchev–Trinajstić information content (AvgIpc) is 2.10. The van der Waals surface area contributed by atoms with E-state index in [0.717, 1.165) is 25.2 Å². The number of nitrogens with zero attached hydrogens (tertiary/aromatic N) is 3. The van der Waals surface area contributed by atoms with E-state index >= 15 is 0 Å². The van der Waals surface area contributed by atoms with Crippen LogP contribution in [0.15, 0.2) is 6.07 Å². The highest BCUT2D eigenvalue weighted by molar-refractivity contribution is 6.29. The van der Waals surface area contributed by atoms with Crippen molar-refractivity contribution in [1.29, 1.82) is 0 Å². The van der Waals surface area contributed by atoms with Gasteiger partial charge >= 0.3 is 0 Å². The van der Waals surface area contributed by atoms with Crippen molar-refractivity contribution in [3.05, 3.63) is 16.9 Å². The third-order valence-corrected chi connectivity index (χ3v) is 2.08. The van der Waals surface area contributed by atoms with E-state index in [-0.39, 0.29) is 0 Å². The number of anilines is 1. The van der Waals surface area contributed by atoms with Crippen LogP contribution in [0.5, 0.6) is 0 Å². The molecular weight excluding hydrogens is 212 g/mol. The summed E-state index contributed by atoms with van der Waals surface area (Å²) in [5.41, 5.74) is 0.880. The molecule has 1 aromatic heterocycles. The van der Waals surface area contributed by atoms with Crippen LogP contribution in [0.1, 0.15) is 12.1 Å². The van der Waals surface area contributed by atoms with Gasteiger partial charge in [-0.05, 0) is 40.1 Å². The Balaban J connectivity index is 2.37. The molecule has 84 valence electrons. The van der Waals surface area contributed by atoms with Crippen molar-refractivity contribution in [2.45, 2.75) is 13.3 Å². The molecule has 0 spiro atoms.